The Balaban J connectivity index is 1.40. The summed E-state index contributed by atoms with van der Waals surface area (Å²) < 4.78 is 0. The van der Waals surface area contributed by atoms with Crippen LogP contribution in [0.15, 0.2) is 66.7 Å². The molecular formula is C26H19ClN4O3. The summed E-state index contributed by atoms with van der Waals surface area (Å²) in [6.07, 6.45) is 0. The predicted molar refractivity (Wildman–Crippen MR) is 127 cm³/mol. The summed E-state index contributed by atoms with van der Waals surface area (Å²) in [4.78, 5) is 42.6. The Morgan fingerprint density at radius 3 is 2.38 bits per heavy atom. The van der Waals surface area contributed by atoms with Gasteiger partial charge in [0, 0.05) is 23.7 Å². The fraction of sp³-hybridized carbons (Fsp3) is 0.154. The molecule has 7 nitrogen and oxygen atoms in total. The highest BCUT2D eigenvalue weighted by Crippen LogP contribution is 2.31. The van der Waals surface area contributed by atoms with Gasteiger partial charge in [0.25, 0.3) is 11.8 Å². The van der Waals surface area contributed by atoms with Crippen molar-refractivity contribution >= 4 is 35.0 Å². The van der Waals surface area contributed by atoms with Crippen molar-refractivity contribution in [1.82, 2.24) is 9.80 Å². The van der Waals surface area contributed by atoms with Crippen LogP contribution in [0.4, 0.5) is 5.69 Å². The van der Waals surface area contributed by atoms with Gasteiger partial charge in [-0.05, 0) is 59.7 Å². The molecule has 3 aromatic rings. The van der Waals surface area contributed by atoms with Gasteiger partial charge in [-0.3, -0.25) is 14.4 Å². The first-order valence-corrected chi connectivity index (χ1v) is 11.1. The molecule has 34 heavy (non-hydrogen) atoms. The number of hydrogen-bond acceptors (Lipinski definition) is 4. The second kappa shape index (κ2) is 8.65. The molecule has 1 N–H and O–H groups in total. The monoisotopic (exact) mass is 470 g/mol. The molecule has 0 aromatic heterocycles. The molecule has 1 unspecified atom stereocenters. The average Bonchev–Trinajstić information content (AvgIpc) is 2.98. The molecule has 2 aliphatic heterocycles. The molecule has 0 radical (unpaired) electrons. The Hall–Kier alpha value is -4.15. The van der Waals surface area contributed by atoms with Crippen molar-refractivity contribution in [2.24, 2.45) is 0 Å². The third-order valence-corrected chi connectivity index (χ3v) is 6.43. The number of halogens is 1. The molecule has 0 spiro atoms. The zero-order valence-electron chi connectivity index (χ0n) is 18.0. The van der Waals surface area contributed by atoms with E-state index in [0.29, 0.717) is 33.9 Å². The second-order valence-corrected chi connectivity index (χ2v) is 8.65. The van der Waals surface area contributed by atoms with E-state index < -0.39 is 6.04 Å². The molecule has 5 rings (SSSR count). The number of carbonyl (C=O) groups excluding carboxylic acids is 3. The zero-order chi connectivity index (χ0) is 23.8. The van der Waals surface area contributed by atoms with Crippen molar-refractivity contribution in [3.05, 3.63) is 88.4 Å². The van der Waals surface area contributed by atoms with Crippen LogP contribution in [0.3, 0.4) is 0 Å². The molecule has 3 amide bonds. The minimum Gasteiger partial charge on any atom is -0.334 e. The van der Waals surface area contributed by atoms with Crippen LogP contribution in [-0.4, -0.2) is 53.2 Å². The summed E-state index contributed by atoms with van der Waals surface area (Å²) in [5.41, 5.74) is 3.51. The van der Waals surface area contributed by atoms with Crippen molar-refractivity contribution in [2.45, 2.75) is 6.04 Å². The standard InChI is InChI=1S/C26H19ClN4O3/c27-20-8-5-17(6-9-20)19-7-10-22-21(13-19)26(34)31-12-11-30(15-23(31)24(32)29-22)25(33)18-3-1-16(14-28)2-4-18/h1-10,13,23H,11-12,15H2,(H,29,32). The van der Waals surface area contributed by atoms with E-state index in [1.54, 1.807) is 53.4 Å². The summed E-state index contributed by atoms with van der Waals surface area (Å²) in [5, 5.41) is 12.4. The Labute approximate surface area is 201 Å². The van der Waals surface area contributed by atoms with Crippen molar-refractivity contribution in [2.75, 3.05) is 25.0 Å². The van der Waals surface area contributed by atoms with Crippen LogP contribution in [0.5, 0.6) is 0 Å². The van der Waals surface area contributed by atoms with E-state index in [1.807, 2.05) is 24.3 Å². The Morgan fingerprint density at radius 1 is 0.971 bits per heavy atom. The van der Waals surface area contributed by atoms with Gasteiger partial charge in [0.15, 0.2) is 0 Å². The number of piperazine rings is 1. The highest BCUT2D eigenvalue weighted by Gasteiger charge is 2.40. The van der Waals surface area contributed by atoms with Crippen molar-refractivity contribution in [3.8, 4) is 17.2 Å². The number of nitrogens with one attached hydrogen (secondary N) is 1. The Kier molecular flexibility index (Phi) is 5.52. The lowest BCUT2D eigenvalue weighted by molar-refractivity contribution is -0.121. The quantitative estimate of drug-likeness (QED) is 0.616. The van der Waals surface area contributed by atoms with Gasteiger partial charge < -0.3 is 15.1 Å². The molecule has 0 bridgehead atoms. The first kappa shape index (κ1) is 21.7. The van der Waals surface area contributed by atoms with E-state index in [-0.39, 0.29) is 30.8 Å². The number of benzene rings is 3. The minimum atomic E-state index is -0.796. The van der Waals surface area contributed by atoms with Gasteiger partial charge >= 0.3 is 0 Å². The smallest absolute Gasteiger partial charge is 0.256 e. The fourth-order valence-corrected chi connectivity index (χ4v) is 4.45. The average molecular weight is 471 g/mol. The minimum absolute atomic E-state index is 0.0917. The van der Waals surface area contributed by atoms with Crippen LogP contribution in [0.1, 0.15) is 26.3 Å². The van der Waals surface area contributed by atoms with Gasteiger partial charge in [0.1, 0.15) is 6.04 Å². The number of rotatable bonds is 2. The maximum atomic E-state index is 13.4. The Morgan fingerprint density at radius 2 is 1.68 bits per heavy atom. The lowest BCUT2D eigenvalue weighted by Crippen LogP contribution is -2.59. The molecule has 168 valence electrons. The largest absolute Gasteiger partial charge is 0.334 e. The maximum absolute atomic E-state index is 13.4. The number of fused-ring (bicyclic) bond motifs is 2. The van der Waals surface area contributed by atoms with Gasteiger partial charge in [-0.15, -0.1) is 0 Å². The number of amides is 3. The maximum Gasteiger partial charge on any atom is 0.256 e. The Bertz CT molecular complexity index is 1350. The van der Waals surface area contributed by atoms with Gasteiger partial charge in [-0.1, -0.05) is 29.8 Å². The molecule has 3 aromatic carbocycles. The lowest BCUT2D eigenvalue weighted by Gasteiger charge is -2.39. The third kappa shape index (κ3) is 3.89. The van der Waals surface area contributed by atoms with Crippen LogP contribution in [0.25, 0.3) is 11.1 Å². The fourth-order valence-electron chi connectivity index (χ4n) is 4.33. The van der Waals surface area contributed by atoms with E-state index >= 15 is 0 Å². The summed E-state index contributed by atoms with van der Waals surface area (Å²) in [6.45, 7) is 0.637. The van der Waals surface area contributed by atoms with Gasteiger partial charge in [-0.25, -0.2) is 0 Å². The summed E-state index contributed by atoms with van der Waals surface area (Å²) in [6, 6.07) is 20.3. The van der Waals surface area contributed by atoms with Crippen molar-refractivity contribution in [1.29, 1.82) is 5.26 Å². The molecule has 2 heterocycles. The van der Waals surface area contributed by atoms with E-state index in [4.69, 9.17) is 16.9 Å². The first-order valence-electron chi connectivity index (χ1n) is 10.8. The normalized spacial score (nSPS) is 17.2. The van der Waals surface area contributed by atoms with Crippen LogP contribution in [0, 0.1) is 11.3 Å². The number of nitrogens with zero attached hydrogens (tertiary/aromatic N) is 3. The summed E-state index contributed by atoms with van der Waals surface area (Å²) in [5.74, 6) is -0.820. The predicted octanol–water partition coefficient (Wildman–Crippen LogP) is 3.80. The van der Waals surface area contributed by atoms with Crippen LogP contribution < -0.4 is 5.32 Å². The second-order valence-electron chi connectivity index (χ2n) is 8.21. The van der Waals surface area contributed by atoms with E-state index in [1.165, 1.54) is 4.90 Å². The van der Waals surface area contributed by atoms with Gasteiger partial charge in [-0.2, -0.15) is 5.26 Å². The van der Waals surface area contributed by atoms with Crippen LogP contribution >= 0.6 is 11.6 Å². The van der Waals surface area contributed by atoms with Crippen molar-refractivity contribution < 1.29 is 14.4 Å². The molecule has 0 saturated carbocycles. The molecule has 0 aliphatic carbocycles. The highest BCUT2D eigenvalue weighted by atomic mass is 35.5. The molecule has 8 heteroatoms. The van der Waals surface area contributed by atoms with Crippen LogP contribution in [0.2, 0.25) is 5.02 Å². The van der Waals surface area contributed by atoms with E-state index in [0.717, 1.165) is 11.1 Å². The molecular weight excluding hydrogens is 452 g/mol. The number of carbonyl (C=O) groups is 3. The zero-order valence-corrected chi connectivity index (χ0v) is 18.7. The number of hydrogen-bond donors (Lipinski definition) is 1. The lowest BCUT2D eigenvalue weighted by atomic mass is 10.0. The van der Waals surface area contributed by atoms with Crippen LogP contribution in [-0.2, 0) is 4.79 Å². The van der Waals surface area contributed by atoms with E-state index in [9.17, 15) is 14.4 Å². The first-order chi connectivity index (χ1) is 16.4. The molecule has 1 saturated heterocycles. The molecule has 1 fully saturated rings. The number of nitriles is 1. The molecule has 2 aliphatic rings. The SMILES string of the molecule is N#Cc1ccc(C(=O)N2CCN3C(=O)c4cc(-c5ccc(Cl)cc5)ccc4NC(=O)C3C2)cc1. The summed E-state index contributed by atoms with van der Waals surface area (Å²) >= 11 is 5.99. The summed E-state index contributed by atoms with van der Waals surface area (Å²) in [7, 11) is 0. The van der Waals surface area contributed by atoms with Gasteiger partial charge in [0.05, 0.1) is 29.4 Å². The molecule has 1 atom stereocenters. The number of anilines is 1. The van der Waals surface area contributed by atoms with Gasteiger partial charge in [0.2, 0.25) is 5.91 Å². The van der Waals surface area contributed by atoms with E-state index in [2.05, 4.69) is 5.32 Å². The highest BCUT2D eigenvalue weighted by molar-refractivity contribution is 6.30. The third-order valence-electron chi connectivity index (χ3n) is 6.18. The topological polar surface area (TPSA) is 93.5 Å². The van der Waals surface area contributed by atoms with Crippen molar-refractivity contribution in [3.63, 3.8) is 0 Å².